The van der Waals surface area contributed by atoms with Gasteiger partial charge in [0.15, 0.2) is 0 Å². The molecule has 1 aliphatic rings. The van der Waals surface area contributed by atoms with E-state index in [0.717, 1.165) is 32.6 Å². The van der Waals surface area contributed by atoms with E-state index in [1.54, 1.807) is 12.1 Å². The first-order chi connectivity index (χ1) is 19.4. The minimum Gasteiger partial charge on any atom is -0.506 e. The summed E-state index contributed by atoms with van der Waals surface area (Å²) in [5.74, 6) is -3.34. The number of aliphatic hydroxyl groups excluding tert-OH is 1. The van der Waals surface area contributed by atoms with Crippen molar-refractivity contribution in [2.75, 3.05) is 6.54 Å². The van der Waals surface area contributed by atoms with Crippen molar-refractivity contribution in [3.8, 4) is 5.75 Å². The van der Waals surface area contributed by atoms with Crippen molar-refractivity contribution in [2.24, 2.45) is 0 Å². The van der Waals surface area contributed by atoms with Crippen LogP contribution < -0.4 is 10.9 Å². The van der Waals surface area contributed by atoms with Gasteiger partial charge < -0.3 is 35.8 Å². The first kappa shape index (κ1) is 32.7. The minimum atomic E-state index is -1.26. The molecule has 0 saturated heterocycles. The average Bonchev–Trinajstić information content (AvgIpc) is 3.32. The molecule has 0 fully saturated rings. The van der Waals surface area contributed by atoms with Gasteiger partial charge in [0.05, 0.1) is 11.6 Å². The summed E-state index contributed by atoms with van der Waals surface area (Å²) in [7, 11) is 0. The number of benzene rings is 2. The standard InChI is InChI=1S/C24H28N2O3.C4H4O4.C2H4O2/c1-3-14-9-16-11-18(12-17(16)10-15(14)4-2)25-13-22(28)19-5-7-21(27)24-20(19)6-8-23(29)26-24;5-3(6)1-2-4(7)8;1-2(3)4/h5-10,18,22,25,27-28H,3-4,11-13H2,1-2H3,(H,26,29);1-2H,(H,5,6)(H,7,8);1H3,(H,3,4). The number of carboxylic acids is 3. The molecule has 1 aromatic heterocycles. The van der Waals surface area contributed by atoms with Crippen LogP contribution in [0.3, 0.4) is 0 Å². The van der Waals surface area contributed by atoms with E-state index < -0.39 is 24.0 Å². The van der Waals surface area contributed by atoms with E-state index in [1.165, 1.54) is 34.4 Å². The largest absolute Gasteiger partial charge is 0.506 e. The second kappa shape index (κ2) is 15.3. The van der Waals surface area contributed by atoms with E-state index in [4.69, 9.17) is 20.1 Å². The van der Waals surface area contributed by atoms with Gasteiger partial charge in [-0.15, -0.1) is 0 Å². The fourth-order valence-corrected chi connectivity index (χ4v) is 4.66. The summed E-state index contributed by atoms with van der Waals surface area (Å²) in [6.07, 6.45) is 4.45. The van der Waals surface area contributed by atoms with Crippen LogP contribution >= 0.6 is 0 Å². The van der Waals surface area contributed by atoms with Gasteiger partial charge in [0, 0.05) is 43.1 Å². The van der Waals surface area contributed by atoms with Crippen molar-refractivity contribution in [2.45, 2.75) is 58.6 Å². The number of pyridine rings is 1. The second-order valence-corrected chi connectivity index (χ2v) is 9.44. The molecule has 0 bridgehead atoms. The lowest BCUT2D eigenvalue weighted by Gasteiger charge is -2.18. The molecule has 11 heteroatoms. The first-order valence-electron chi connectivity index (χ1n) is 13.1. The third-order valence-electron chi connectivity index (χ3n) is 6.45. The molecule has 0 spiro atoms. The number of phenolic OH excluding ortho intramolecular Hbond substituents is 1. The molecule has 7 N–H and O–H groups in total. The maximum absolute atomic E-state index is 11.6. The molecule has 41 heavy (non-hydrogen) atoms. The van der Waals surface area contributed by atoms with Gasteiger partial charge in [-0.2, -0.15) is 0 Å². The third kappa shape index (κ3) is 9.89. The molecule has 2 aromatic carbocycles. The van der Waals surface area contributed by atoms with E-state index in [9.17, 15) is 24.6 Å². The number of aromatic amines is 1. The topological polar surface area (TPSA) is 197 Å². The summed E-state index contributed by atoms with van der Waals surface area (Å²) >= 11 is 0. The predicted molar refractivity (Wildman–Crippen MR) is 153 cm³/mol. The Morgan fingerprint density at radius 2 is 1.46 bits per heavy atom. The van der Waals surface area contributed by atoms with Gasteiger partial charge in [0.2, 0.25) is 5.56 Å². The summed E-state index contributed by atoms with van der Waals surface area (Å²) in [6.45, 7) is 5.91. The Morgan fingerprint density at radius 3 is 1.93 bits per heavy atom. The maximum atomic E-state index is 11.6. The van der Waals surface area contributed by atoms with E-state index in [-0.39, 0.29) is 11.3 Å². The maximum Gasteiger partial charge on any atom is 0.328 e. The van der Waals surface area contributed by atoms with Gasteiger partial charge in [-0.05, 0) is 65.6 Å². The number of H-pyrrole nitrogens is 1. The molecule has 0 radical (unpaired) electrons. The minimum absolute atomic E-state index is 0.00584. The van der Waals surface area contributed by atoms with Crippen LogP contribution in [-0.2, 0) is 40.1 Å². The second-order valence-electron chi connectivity index (χ2n) is 9.44. The van der Waals surface area contributed by atoms with Gasteiger partial charge in [0.1, 0.15) is 5.75 Å². The Labute approximate surface area is 236 Å². The molecule has 1 atom stereocenters. The van der Waals surface area contributed by atoms with E-state index in [1.807, 2.05) is 0 Å². The van der Waals surface area contributed by atoms with Crippen LogP contribution in [0, 0.1) is 0 Å². The Balaban J connectivity index is 0.000000414. The number of aliphatic carboxylic acids is 3. The quantitative estimate of drug-likeness (QED) is 0.198. The summed E-state index contributed by atoms with van der Waals surface area (Å²) in [5.41, 5.74) is 6.49. The van der Waals surface area contributed by atoms with Crippen LogP contribution in [0.5, 0.6) is 5.75 Å². The van der Waals surface area contributed by atoms with Gasteiger partial charge in [-0.25, -0.2) is 9.59 Å². The highest BCUT2D eigenvalue weighted by atomic mass is 16.4. The molecule has 1 heterocycles. The van der Waals surface area contributed by atoms with E-state index in [2.05, 4.69) is 36.3 Å². The molecule has 0 aliphatic heterocycles. The fraction of sp³-hybridized carbons (Fsp3) is 0.333. The number of nitrogens with one attached hydrogen (secondary N) is 2. The number of carbonyl (C=O) groups is 3. The van der Waals surface area contributed by atoms with Crippen molar-refractivity contribution < 1.29 is 39.9 Å². The summed E-state index contributed by atoms with van der Waals surface area (Å²) < 4.78 is 0. The lowest BCUT2D eigenvalue weighted by atomic mass is 9.97. The van der Waals surface area contributed by atoms with Crippen molar-refractivity contribution in [1.29, 1.82) is 0 Å². The van der Waals surface area contributed by atoms with Gasteiger partial charge in [0.25, 0.3) is 5.97 Å². The number of aliphatic hydroxyl groups is 1. The van der Waals surface area contributed by atoms with E-state index >= 15 is 0 Å². The number of carboxylic acid groups (broad SMARTS) is 3. The monoisotopic (exact) mass is 568 g/mol. The number of aromatic hydroxyl groups is 1. The highest BCUT2D eigenvalue weighted by Gasteiger charge is 2.24. The zero-order valence-electron chi connectivity index (χ0n) is 23.2. The molecule has 0 amide bonds. The van der Waals surface area contributed by atoms with Crippen LogP contribution in [0.4, 0.5) is 0 Å². The number of aryl methyl sites for hydroxylation is 2. The Hall–Kier alpha value is -4.48. The number of fused-ring (bicyclic) bond motifs is 2. The lowest BCUT2D eigenvalue weighted by Crippen LogP contribution is -2.33. The molecule has 1 aliphatic carbocycles. The highest BCUT2D eigenvalue weighted by Crippen LogP contribution is 2.30. The number of phenols is 1. The number of hydrogen-bond donors (Lipinski definition) is 7. The van der Waals surface area contributed by atoms with E-state index in [0.29, 0.717) is 41.2 Å². The van der Waals surface area contributed by atoms with Crippen molar-refractivity contribution in [3.63, 3.8) is 0 Å². The first-order valence-corrected chi connectivity index (χ1v) is 13.1. The predicted octanol–water partition coefficient (Wildman–Crippen LogP) is 2.95. The van der Waals surface area contributed by atoms with Gasteiger partial charge in [-0.3, -0.25) is 9.59 Å². The van der Waals surface area contributed by atoms with Gasteiger partial charge >= 0.3 is 11.9 Å². The lowest BCUT2D eigenvalue weighted by molar-refractivity contribution is -0.134. The van der Waals surface area contributed by atoms with Crippen molar-refractivity contribution in [1.82, 2.24) is 10.3 Å². The molecule has 4 rings (SSSR count). The van der Waals surface area contributed by atoms with Crippen LogP contribution in [-0.4, -0.2) is 61.0 Å². The third-order valence-corrected chi connectivity index (χ3v) is 6.45. The Bertz CT molecular complexity index is 1420. The highest BCUT2D eigenvalue weighted by molar-refractivity contribution is 5.89. The smallest absolute Gasteiger partial charge is 0.328 e. The van der Waals surface area contributed by atoms with Crippen LogP contribution in [0.15, 0.2) is 53.3 Å². The zero-order valence-corrected chi connectivity index (χ0v) is 23.2. The number of hydrogen-bond acceptors (Lipinski definition) is 7. The van der Waals surface area contributed by atoms with Crippen LogP contribution in [0.1, 0.15) is 54.7 Å². The normalized spacial score (nSPS) is 13.1. The van der Waals surface area contributed by atoms with Crippen LogP contribution in [0.25, 0.3) is 10.9 Å². The molecule has 11 nitrogen and oxygen atoms in total. The Morgan fingerprint density at radius 1 is 0.951 bits per heavy atom. The summed E-state index contributed by atoms with van der Waals surface area (Å²) in [4.78, 5) is 42.3. The molecule has 1 unspecified atom stereocenters. The average molecular weight is 569 g/mol. The Kier molecular flexibility index (Phi) is 12.2. The number of aromatic nitrogens is 1. The van der Waals surface area contributed by atoms with Crippen molar-refractivity contribution in [3.05, 3.63) is 86.7 Å². The molecule has 220 valence electrons. The van der Waals surface area contributed by atoms with Crippen LogP contribution in [0.2, 0.25) is 0 Å². The fourth-order valence-electron chi connectivity index (χ4n) is 4.66. The molecular weight excluding hydrogens is 532 g/mol. The summed E-state index contributed by atoms with van der Waals surface area (Å²) in [5, 5.41) is 48.0. The zero-order chi connectivity index (χ0) is 30.7. The molecule has 3 aromatic rings. The SMILES string of the molecule is CC(=O)O.CCc1cc2c(cc1CC)CC(NCC(O)c1ccc(O)c3[nH]c(=O)ccc13)C2.O=C(O)C=CC(=O)O. The van der Waals surface area contributed by atoms with Crippen molar-refractivity contribution >= 4 is 28.8 Å². The molecule has 0 saturated carbocycles. The van der Waals surface area contributed by atoms with Gasteiger partial charge in [-0.1, -0.05) is 32.0 Å². The molecular formula is C30H36N2O9. The number of rotatable bonds is 8. The summed E-state index contributed by atoms with van der Waals surface area (Å²) in [6, 6.07) is 11.3.